The summed E-state index contributed by atoms with van der Waals surface area (Å²) in [6, 6.07) is 0.949. The molecule has 114 valence electrons. The molecular weight excluding hydrogens is 278 g/mol. The monoisotopic (exact) mass is 295 g/mol. The smallest absolute Gasteiger partial charge is 0.339 e. The van der Waals surface area contributed by atoms with Gasteiger partial charge in [-0.1, -0.05) is 0 Å². The highest BCUT2D eigenvalue weighted by molar-refractivity contribution is 5.88. The van der Waals surface area contributed by atoms with Crippen LogP contribution in [0.4, 0.5) is 4.79 Å². The van der Waals surface area contributed by atoms with Gasteiger partial charge in [-0.05, 0) is 19.4 Å². The Morgan fingerprint density at radius 3 is 2.81 bits per heavy atom. The number of aromatic carboxylic acids is 1. The fourth-order valence-corrected chi connectivity index (χ4v) is 2.12. The molecule has 8 nitrogen and oxygen atoms in total. The number of rotatable bonds is 5. The third-order valence-corrected chi connectivity index (χ3v) is 3.22. The Kier molecular flexibility index (Phi) is 4.46. The Labute approximate surface area is 120 Å². The molecule has 1 atom stereocenters. The van der Waals surface area contributed by atoms with E-state index >= 15 is 0 Å². The van der Waals surface area contributed by atoms with Gasteiger partial charge in [-0.3, -0.25) is 4.79 Å². The van der Waals surface area contributed by atoms with Crippen molar-refractivity contribution in [2.75, 3.05) is 6.54 Å². The fraction of sp³-hybridized carbons (Fsp3) is 0.462. The van der Waals surface area contributed by atoms with Gasteiger partial charge in [0.15, 0.2) is 0 Å². The topological polar surface area (TPSA) is 121 Å². The van der Waals surface area contributed by atoms with E-state index in [2.05, 4.69) is 16.0 Å². The van der Waals surface area contributed by atoms with Crippen LogP contribution in [-0.2, 0) is 11.3 Å². The molecular formula is C13H17N3O5. The Morgan fingerprint density at radius 1 is 1.48 bits per heavy atom. The summed E-state index contributed by atoms with van der Waals surface area (Å²) >= 11 is 0. The molecule has 0 aromatic carbocycles. The molecule has 1 saturated heterocycles. The second kappa shape index (κ2) is 6.29. The molecule has 0 bridgehead atoms. The standard InChI is InChI=1S/C13H17N3O5/c1-7-10(12(18)19)4-9(21-7)6-15-13(20)14-5-8-2-3-11(17)16-8/h4,8H,2-3,5-6H2,1H3,(H,16,17)(H,18,19)(H2,14,15,20). The Bertz CT molecular complexity index is 566. The van der Waals surface area contributed by atoms with Gasteiger partial charge in [0.25, 0.3) is 0 Å². The lowest BCUT2D eigenvalue weighted by atomic mass is 10.2. The summed E-state index contributed by atoms with van der Waals surface area (Å²) in [5.74, 6) is -0.402. The van der Waals surface area contributed by atoms with E-state index in [9.17, 15) is 14.4 Å². The molecule has 0 aliphatic carbocycles. The van der Waals surface area contributed by atoms with Crippen LogP contribution in [-0.4, -0.2) is 35.6 Å². The first kappa shape index (κ1) is 14.9. The number of carbonyl (C=O) groups is 3. The number of nitrogens with one attached hydrogen (secondary N) is 3. The van der Waals surface area contributed by atoms with Crippen LogP contribution < -0.4 is 16.0 Å². The first-order valence-corrected chi connectivity index (χ1v) is 6.59. The third kappa shape index (κ3) is 3.98. The Hall–Kier alpha value is -2.51. The highest BCUT2D eigenvalue weighted by Crippen LogP contribution is 2.14. The molecule has 1 aromatic rings. The maximum atomic E-state index is 11.6. The average Bonchev–Trinajstić information content (AvgIpc) is 3.00. The van der Waals surface area contributed by atoms with Gasteiger partial charge in [0.2, 0.25) is 5.91 Å². The molecule has 8 heteroatoms. The van der Waals surface area contributed by atoms with Crippen LogP contribution in [0.25, 0.3) is 0 Å². The summed E-state index contributed by atoms with van der Waals surface area (Å²) in [4.78, 5) is 33.4. The normalized spacial score (nSPS) is 17.4. The number of furan rings is 1. The van der Waals surface area contributed by atoms with Crippen molar-refractivity contribution in [3.05, 3.63) is 23.2 Å². The van der Waals surface area contributed by atoms with Crippen LogP contribution in [0, 0.1) is 6.92 Å². The first-order chi connectivity index (χ1) is 9.95. The summed E-state index contributed by atoms with van der Waals surface area (Å²) in [6.45, 7) is 2.00. The molecule has 0 spiro atoms. The van der Waals surface area contributed by atoms with Crippen molar-refractivity contribution in [2.45, 2.75) is 32.4 Å². The second-order valence-corrected chi connectivity index (χ2v) is 4.85. The number of aryl methyl sites for hydroxylation is 1. The van der Waals surface area contributed by atoms with E-state index in [1.54, 1.807) is 6.92 Å². The number of amides is 3. The van der Waals surface area contributed by atoms with Crippen molar-refractivity contribution in [1.29, 1.82) is 0 Å². The number of urea groups is 1. The fourth-order valence-electron chi connectivity index (χ4n) is 2.12. The van der Waals surface area contributed by atoms with Gasteiger partial charge < -0.3 is 25.5 Å². The Morgan fingerprint density at radius 2 is 2.24 bits per heavy atom. The van der Waals surface area contributed by atoms with Crippen molar-refractivity contribution in [2.24, 2.45) is 0 Å². The molecule has 1 aliphatic rings. The van der Waals surface area contributed by atoms with Crippen molar-refractivity contribution in [1.82, 2.24) is 16.0 Å². The maximum Gasteiger partial charge on any atom is 0.339 e. The van der Waals surface area contributed by atoms with Gasteiger partial charge in [0.1, 0.15) is 17.1 Å². The van der Waals surface area contributed by atoms with E-state index in [0.29, 0.717) is 30.9 Å². The van der Waals surface area contributed by atoms with Gasteiger partial charge in [0, 0.05) is 19.0 Å². The lowest BCUT2D eigenvalue weighted by Crippen LogP contribution is -2.42. The van der Waals surface area contributed by atoms with Gasteiger partial charge in [-0.25, -0.2) is 9.59 Å². The minimum absolute atomic E-state index is 0.00512. The molecule has 1 unspecified atom stereocenters. The second-order valence-electron chi connectivity index (χ2n) is 4.85. The van der Waals surface area contributed by atoms with E-state index in [0.717, 1.165) is 0 Å². The Balaban J connectivity index is 1.75. The van der Waals surface area contributed by atoms with Crippen LogP contribution >= 0.6 is 0 Å². The molecule has 0 radical (unpaired) electrons. The molecule has 2 rings (SSSR count). The molecule has 1 aliphatic heterocycles. The number of carboxylic acids is 1. The van der Waals surface area contributed by atoms with Gasteiger partial charge in [-0.2, -0.15) is 0 Å². The van der Waals surface area contributed by atoms with E-state index in [-0.39, 0.29) is 24.1 Å². The molecule has 1 aromatic heterocycles. The van der Waals surface area contributed by atoms with Gasteiger partial charge in [0.05, 0.1) is 6.54 Å². The van der Waals surface area contributed by atoms with Crippen LogP contribution in [0.3, 0.4) is 0 Å². The van der Waals surface area contributed by atoms with Gasteiger partial charge >= 0.3 is 12.0 Å². The quantitative estimate of drug-likeness (QED) is 0.625. The van der Waals surface area contributed by atoms with Crippen LogP contribution in [0.2, 0.25) is 0 Å². The van der Waals surface area contributed by atoms with Gasteiger partial charge in [-0.15, -0.1) is 0 Å². The summed E-state index contributed by atoms with van der Waals surface area (Å²) in [6.07, 6.45) is 1.19. The first-order valence-electron chi connectivity index (χ1n) is 6.59. The minimum atomic E-state index is -1.07. The predicted octanol–water partition coefficient (Wildman–Crippen LogP) is 0.364. The lowest BCUT2D eigenvalue weighted by Gasteiger charge is -2.11. The van der Waals surface area contributed by atoms with Crippen molar-refractivity contribution >= 4 is 17.9 Å². The summed E-state index contributed by atoms with van der Waals surface area (Å²) in [5, 5.41) is 16.8. The summed E-state index contributed by atoms with van der Waals surface area (Å²) in [7, 11) is 0. The summed E-state index contributed by atoms with van der Waals surface area (Å²) in [5.41, 5.74) is 0.0841. The number of hydrogen-bond acceptors (Lipinski definition) is 4. The molecule has 2 heterocycles. The van der Waals surface area contributed by atoms with E-state index < -0.39 is 12.0 Å². The van der Waals surface area contributed by atoms with Crippen LogP contribution in [0.5, 0.6) is 0 Å². The maximum absolute atomic E-state index is 11.6. The highest BCUT2D eigenvalue weighted by atomic mass is 16.4. The number of carbonyl (C=O) groups excluding carboxylic acids is 2. The summed E-state index contributed by atoms with van der Waals surface area (Å²) < 4.78 is 5.24. The molecule has 0 saturated carbocycles. The zero-order valence-electron chi connectivity index (χ0n) is 11.6. The van der Waals surface area contributed by atoms with E-state index in [1.807, 2.05) is 0 Å². The van der Waals surface area contributed by atoms with Crippen molar-refractivity contribution in [3.8, 4) is 0 Å². The van der Waals surface area contributed by atoms with Crippen LogP contribution in [0.15, 0.2) is 10.5 Å². The largest absolute Gasteiger partial charge is 0.478 e. The van der Waals surface area contributed by atoms with Crippen LogP contribution in [0.1, 0.15) is 34.7 Å². The predicted molar refractivity (Wildman–Crippen MR) is 71.8 cm³/mol. The minimum Gasteiger partial charge on any atom is -0.478 e. The molecule has 21 heavy (non-hydrogen) atoms. The van der Waals surface area contributed by atoms with Crippen molar-refractivity contribution < 1.29 is 23.9 Å². The SMILES string of the molecule is Cc1oc(CNC(=O)NCC2CCC(=O)N2)cc1C(=O)O. The zero-order chi connectivity index (χ0) is 15.4. The number of carboxylic acid groups (broad SMARTS) is 1. The van der Waals surface area contributed by atoms with E-state index in [1.165, 1.54) is 6.07 Å². The molecule has 4 N–H and O–H groups in total. The zero-order valence-corrected chi connectivity index (χ0v) is 11.6. The highest BCUT2D eigenvalue weighted by Gasteiger charge is 2.21. The van der Waals surface area contributed by atoms with E-state index in [4.69, 9.17) is 9.52 Å². The van der Waals surface area contributed by atoms with Crippen molar-refractivity contribution in [3.63, 3.8) is 0 Å². The molecule has 1 fully saturated rings. The number of hydrogen-bond donors (Lipinski definition) is 4. The average molecular weight is 295 g/mol. The third-order valence-electron chi connectivity index (χ3n) is 3.22. The lowest BCUT2D eigenvalue weighted by molar-refractivity contribution is -0.119. The molecule has 3 amide bonds.